The van der Waals surface area contributed by atoms with Gasteiger partial charge < -0.3 is 10.1 Å². The molecule has 0 aliphatic carbocycles. The van der Waals surface area contributed by atoms with Crippen LogP contribution < -0.4 is 5.32 Å². The molecule has 0 amide bonds. The molecule has 3 nitrogen and oxygen atoms in total. The molecule has 0 heterocycles. The predicted octanol–water partition coefficient (Wildman–Crippen LogP) is 3.86. The molecule has 0 aromatic heterocycles. The fourth-order valence-electron chi connectivity index (χ4n) is 1.79. The Labute approximate surface area is 112 Å². The summed E-state index contributed by atoms with van der Waals surface area (Å²) < 4.78 is 4.77. The number of benzene rings is 2. The number of para-hydroxylation sites is 1. The zero-order valence-electron chi connectivity index (χ0n) is 10.7. The number of carbonyl (C=O) groups is 1. The molecule has 0 aliphatic rings. The Bertz CT molecular complexity index is 591. The van der Waals surface area contributed by atoms with Crippen LogP contribution in [0.5, 0.6) is 0 Å². The largest absolute Gasteiger partial charge is 0.465 e. The molecule has 2 rings (SSSR count). The van der Waals surface area contributed by atoms with E-state index in [1.807, 2.05) is 42.5 Å². The van der Waals surface area contributed by atoms with Gasteiger partial charge in [-0.3, -0.25) is 0 Å². The molecule has 0 saturated carbocycles. The van der Waals surface area contributed by atoms with E-state index in [4.69, 9.17) is 4.74 Å². The van der Waals surface area contributed by atoms with Gasteiger partial charge in [0.1, 0.15) is 0 Å². The summed E-state index contributed by atoms with van der Waals surface area (Å²) >= 11 is 0. The summed E-state index contributed by atoms with van der Waals surface area (Å²) in [6.07, 6.45) is 1.64. The van der Waals surface area contributed by atoms with Crippen molar-refractivity contribution < 1.29 is 9.53 Å². The highest BCUT2D eigenvalue weighted by molar-refractivity contribution is 5.94. The van der Waals surface area contributed by atoms with Crippen LogP contribution >= 0.6 is 0 Å². The number of carbonyl (C=O) groups excluding carboxylic acids is 1. The summed E-state index contributed by atoms with van der Waals surface area (Å²) in [6, 6.07) is 15.3. The fourth-order valence-corrected chi connectivity index (χ4v) is 1.79. The zero-order chi connectivity index (χ0) is 13.7. The van der Waals surface area contributed by atoms with Crippen molar-refractivity contribution in [2.45, 2.75) is 0 Å². The number of ether oxygens (including phenoxy) is 1. The number of esters is 1. The number of anilines is 2. The number of nitrogens with one attached hydrogen (secondary N) is 1. The Balaban J connectivity index is 2.33. The van der Waals surface area contributed by atoms with Crippen molar-refractivity contribution in [1.82, 2.24) is 0 Å². The molecule has 0 atom stereocenters. The average Bonchev–Trinajstić information content (AvgIpc) is 2.47. The lowest BCUT2D eigenvalue weighted by atomic mass is 10.1. The van der Waals surface area contributed by atoms with Crippen LogP contribution in [-0.4, -0.2) is 13.1 Å². The molecule has 0 radical (unpaired) electrons. The molecule has 0 fully saturated rings. The van der Waals surface area contributed by atoms with Crippen molar-refractivity contribution in [3.63, 3.8) is 0 Å². The van der Waals surface area contributed by atoms with Gasteiger partial charge in [-0.2, -0.15) is 0 Å². The van der Waals surface area contributed by atoms with E-state index < -0.39 is 0 Å². The first-order valence-electron chi connectivity index (χ1n) is 5.91. The zero-order valence-corrected chi connectivity index (χ0v) is 10.7. The fraction of sp³-hybridized carbons (Fsp3) is 0.0625. The molecule has 3 heteroatoms. The van der Waals surface area contributed by atoms with E-state index in [-0.39, 0.29) is 5.97 Å². The van der Waals surface area contributed by atoms with Crippen LogP contribution in [0.4, 0.5) is 11.4 Å². The van der Waals surface area contributed by atoms with Crippen LogP contribution in [0.15, 0.2) is 55.1 Å². The summed E-state index contributed by atoms with van der Waals surface area (Å²) in [5, 5.41) is 3.23. The Kier molecular flexibility index (Phi) is 3.98. The number of hydrogen-bond donors (Lipinski definition) is 1. The minimum atomic E-state index is -0.369. The average molecular weight is 253 g/mol. The second-order valence-corrected chi connectivity index (χ2v) is 3.99. The van der Waals surface area contributed by atoms with E-state index in [2.05, 4.69) is 11.9 Å². The van der Waals surface area contributed by atoms with Crippen LogP contribution in [-0.2, 0) is 4.74 Å². The van der Waals surface area contributed by atoms with Crippen molar-refractivity contribution in [3.8, 4) is 0 Å². The van der Waals surface area contributed by atoms with Crippen molar-refractivity contribution in [1.29, 1.82) is 0 Å². The lowest BCUT2D eigenvalue weighted by Crippen LogP contribution is -2.04. The topological polar surface area (TPSA) is 38.3 Å². The molecule has 96 valence electrons. The highest BCUT2D eigenvalue weighted by atomic mass is 16.5. The van der Waals surface area contributed by atoms with E-state index in [9.17, 15) is 4.79 Å². The Morgan fingerprint density at radius 1 is 1.16 bits per heavy atom. The molecule has 0 saturated heterocycles. The van der Waals surface area contributed by atoms with E-state index in [0.717, 1.165) is 16.9 Å². The third-order valence-electron chi connectivity index (χ3n) is 2.74. The van der Waals surface area contributed by atoms with Crippen molar-refractivity contribution in [3.05, 3.63) is 66.2 Å². The molecule has 2 aromatic carbocycles. The molecule has 0 spiro atoms. The Morgan fingerprint density at radius 2 is 1.89 bits per heavy atom. The summed E-state index contributed by atoms with van der Waals surface area (Å²) in [5.41, 5.74) is 3.05. The number of hydrogen-bond acceptors (Lipinski definition) is 3. The molecular weight excluding hydrogens is 238 g/mol. The molecule has 0 bridgehead atoms. The molecule has 2 aromatic rings. The summed E-state index contributed by atoms with van der Waals surface area (Å²) in [6.45, 7) is 3.69. The third-order valence-corrected chi connectivity index (χ3v) is 2.74. The van der Waals surface area contributed by atoms with Gasteiger partial charge in [-0.05, 0) is 29.8 Å². The second kappa shape index (κ2) is 5.87. The maximum Gasteiger partial charge on any atom is 0.338 e. The van der Waals surface area contributed by atoms with Crippen LogP contribution in [0.1, 0.15) is 15.9 Å². The lowest BCUT2D eigenvalue weighted by molar-refractivity contribution is 0.0600. The molecule has 0 aliphatic heterocycles. The maximum atomic E-state index is 11.7. The molecule has 19 heavy (non-hydrogen) atoms. The minimum absolute atomic E-state index is 0.369. The normalized spacial score (nSPS) is 9.74. The summed E-state index contributed by atoms with van der Waals surface area (Å²) in [7, 11) is 1.37. The first-order chi connectivity index (χ1) is 9.24. The van der Waals surface area contributed by atoms with E-state index in [1.165, 1.54) is 7.11 Å². The lowest BCUT2D eigenvalue weighted by Gasteiger charge is -2.10. The smallest absolute Gasteiger partial charge is 0.338 e. The van der Waals surface area contributed by atoms with Crippen molar-refractivity contribution in [2.75, 3.05) is 12.4 Å². The van der Waals surface area contributed by atoms with Crippen LogP contribution in [0.2, 0.25) is 0 Å². The van der Waals surface area contributed by atoms with E-state index >= 15 is 0 Å². The van der Waals surface area contributed by atoms with Gasteiger partial charge in [0, 0.05) is 11.4 Å². The van der Waals surface area contributed by atoms with E-state index in [0.29, 0.717) is 5.56 Å². The minimum Gasteiger partial charge on any atom is -0.465 e. The number of methoxy groups -OCH3 is 1. The maximum absolute atomic E-state index is 11.7. The van der Waals surface area contributed by atoms with E-state index in [1.54, 1.807) is 12.1 Å². The SMILES string of the molecule is C=Cc1ccc(Nc2ccccc2)cc1C(=O)OC. The number of rotatable bonds is 4. The molecule has 1 N–H and O–H groups in total. The van der Waals surface area contributed by atoms with Crippen LogP contribution in [0.3, 0.4) is 0 Å². The Hall–Kier alpha value is -2.55. The second-order valence-electron chi connectivity index (χ2n) is 3.99. The van der Waals surface area contributed by atoms with Crippen molar-refractivity contribution in [2.24, 2.45) is 0 Å². The third kappa shape index (κ3) is 3.01. The summed E-state index contributed by atoms with van der Waals surface area (Å²) in [5.74, 6) is -0.369. The molecule has 0 unspecified atom stereocenters. The van der Waals surface area contributed by atoms with Gasteiger partial charge in [0.15, 0.2) is 0 Å². The monoisotopic (exact) mass is 253 g/mol. The van der Waals surface area contributed by atoms with Crippen molar-refractivity contribution >= 4 is 23.4 Å². The van der Waals surface area contributed by atoms with Gasteiger partial charge in [0.2, 0.25) is 0 Å². The van der Waals surface area contributed by atoms with Gasteiger partial charge in [-0.25, -0.2) is 4.79 Å². The van der Waals surface area contributed by atoms with Gasteiger partial charge in [0.25, 0.3) is 0 Å². The van der Waals surface area contributed by atoms with Gasteiger partial charge in [-0.1, -0.05) is 36.9 Å². The summed E-state index contributed by atoms with van der Waals surface area (Å²) in [4.78, 5) is 11.7. The van der Waals surface area contributed by atoms with Gasteiger partial charge in [-0.15, -0.1) is 0 Å². The first kappa shape index (κ1) is 12.9. The quantitative estimate of drug-likeness (QED) is 0.841. The Morgan fingerprint density at radius 3 is 2.53 bits per heavy atom. The highest BCUT2D eigenvalue weighted by Gasteiger charge is 2.10. The predicted molar refractivity (Wildman–Crippen MR) is 77.6 cm³/mol. The van der Waals surface area contributed by atoms with Crippen LogP contribution in [0, 0.1) is 0 Å². The highest BCUT2D eigenvalue weighted by Crippen LogP contribution is 2.21. The van der Waals surface area contributed by atoms with Gasteiger partial charge in [0.05, 0.1) is 12.7 Å². The van der Waals surface area contributed by atoms with Gasteiger partial charge >= 0.3 is 5.97 Å². The standard InChI is InChI=1S/C16H15NO2/c1-3-12-9-10-14(11-15(12)16(18)19-2)17-13-7-5-4-6-8-13/h3-11,17H,1H2,2H3. The van der Waals surface area contributed by atoms with Crippen LogP contribution in [0.25, 0.3) is 6.08 Å². The molecular formula is C16H15NO2. The first-order valence-corrected chi connectivity index (χ1v) is 5.91.